The third-order valence-corrected chi connectivity index (χ3v) is 4.82. The van der Waals surface area contributed by atoms with Crippen LogP contribution in [0.5, 0.6) is 5.75 Å². The highest BCUT2D eigenvalue weighted by Crippen LogP contribution is 2.45. The van der Waals surface area contributed by atoms with Crippen molar-refractivity contribution in [3.8, 4) is 16.9 Å². The molecule has 1 nitrogen and oxygen atoms in total. The van der Waals surface area contributed by atoms with Crippen LogP contribution < -0.4 is 4.74 Å². The second-order valence-corrected chi connectivity index (χ2v) is 6.76. The summed E-state index contributed by atoms with van der Waals surface area (Å²) in [6.45, 7) is 6.77. The number of benzene rings is 2. The molecule has 2 aromatic rings. The third kappa shape index (κ3) is 2.84. The topological polar surface area (TPSA) is 9.23 Å². The van der Waals surface area contributed by atoms with Gasteiger partial charge in [0.05, 0.1) is 7.11 Å². The largest absolute Gasteiger partial charge is 0.496 e. The minimum absolute atomic E-state index is 0.0512. The Morgan fingerprint density at radius 3 is 2.26 bits per heavy atom. The summed E-state index contributed by atoms with van der Waals surface area (Å²) in [5, 5.41) is 0. The van der Waals surface area contributed by atoms with Crippen LogP contribution in [0.4, 0.5) is 0 Å². The molecule has 0 saturated heterocycles. The monoisotopic (exact) mass is 304 g/mol. The van der Waals surface area contributed by atoms with E-state index in [9.17, 15) is 0 Å². The lowest BCUT2D eigenvalue weighted by molar-refractivity contribution is 0.401. The van der Waals surface area contributed by atoms with E-state index in [1.165, 1.54) is 22.3 Å². The normalized spacial score (nSPS) is 14.4. The molecule has 0 radical (unpaired) electrons. The van der Waals surface area contributed by atoms with Crippen LogP contribution >= 0.6 is 0 Å². The Balaban J connectivity index is 2.10. The van der Waals surface area contributed by atoms with Crippen molar-refractivity contribution in [2.75, 3.05) is 7.11 Å². The Bertz CT molecular complexity index is 764. The fraction of sp³-hybridized carbons (Fsp3) is 0.273. The third-order valence-electron chi connectivity index (χ3n) is 4.82. The fourth-order valence-electron chi connectivity index (χ4n) is 3.36. The van der Waals surface area contributed by atoms with Crippen molar-refractivity contribution >= 4 is 0 Å². The predicted octanol–water partition coefficient (Wildman–Crippen LogP) is 5.92. The summed E-state index contributed by atoms with van der Waals surface area (Å²) in [7, 11) is 1.77. The second kappa shape index (κ2) is 6.08. The minimum Gasteiger partial charge on any atom is -0.496 e. The van der Waals surface area contributed by atoms with Gasteiger partial charge in [-0.3, -0.25) is 0 Å². The molecule has 2 aromatic carbocycles. The molecule has 0 fully saturated rings. The predicted molar refractivity (Wildman–Crippen MR) is 97.9 cm³/mol. The summed E-state index contributed by atoms with van der Waals surface area (Å²) in [5.74, 6) is 0.981. The molecule has 0 unspecified atom stereocenters. The Hall–Kier alpha value is -2.28. The standard InChI is InChI=1S/C22H24O/c1-16-13-14-18(15-16)22(2,3)20-12-8-11-19(21(20)23-4)17-9-6-5-7-10-17/h5-14H,15H2,1-4H3. The molecule has 1 heteroatoms. The van der Waals surface area contributed by atoms with Crippen LogP contribution in [0.2, 0.25) is 0 Å². The quantitative estimate of drug-likeness (QED) is 0.681. The summed E-state index contributed by atoms with van der Waals surface area (Å²) in [6, 6.07) is 16.9. The van der Waals surface area contributed by atoms with Crippen LogP contribution in [0.25, 0.3) is 11.1 Å². The Morgan fingerprint density at radius 2 is 1.65 bits per heavy atom. The summed E-state index contributed by atoms with van der Waals surface area (Å²) in [5.41, 5.74) is 6.41. The van der Waals surface area contributed by atoms with Gasteiger partial charge in [0.2, 0.25) is 0 Å². The van der Waals surface area contributed by atoms with Gasteiger partial charge in [0.25, 0.3) is 0 Å². The molecule has 23 heavy (non-hydrogen) atoms. The van der Waals surface area contributed by atoms with Crippen molar-refractivity contribution in [3.05, 3.63) is 77.4 Å². The molecule has 0 atom stereocenters. The maximum atomic E-state index is 5.86. The van der Waals surface area contributed by atoms with Crippen molar-refractivity contribution in [2.45, 2.75) is 32.6 Å². The van der Waals surface area contributed by atoms with Gasteiger partial charge < -0.3 is 4.74 Å². The molecule has 1 aliphatic carbocycles. The minimum atomic E-state index is -0.0512. The van der Waals surface area contributed by atoms with Gasteiger partial charge in [-0.15, -0.1) is 0 Å². The van der Waals surface area contributed by atoms with E-state index in [-0.39, 0.29) is 5.41 Å². The average molecular weight is 304 g/mol. The first-order chi connectivity index (χ1) is 11.0. The highest BCUT2D eigenvalue weighted by Gasteiger charge is 2.31. The van der Waals surface area contributed by atoms with E-state index in [0.29, 0.717) is 0 Å². The summed E-state index contributed by atoms with van der Waals surface area (Å²) < 4.78 is 5.86. The van der Waals surface area contributed by atoms with Crippen LogP contribution in [-0.2, 0) is 5.41 Å². The van der Waals surface area contributed by atoms with Gasteiger partial charge in [0.1, 0.15) is 5.75 Å². The number of methoxy groups -OCH3 is 1. The molecule has 0 aliphatic heterocycles. The van der Waals surface area contributed by atoms with Gasteiger partial charge in [-0.2, -0.15) is 0 Å². The first-order valence-corrected chi connectivity index (χ1v) is 8.13. The van der Waals surface area contributed by atoms with Crippen molar-refractivity contribution < 1.29 is 4.74 Å². The van der Waals surface area contributed by atoms with Crippen molar-refractivity contribution in [1.82, 2.24) is 0 Å². The van der Waals surface area contributed by atoms with Crippen molar-refractivity contribution in [3.63, 3.8) is 0 Å². The molecular weight excluding hydrogens is 280 g/mol. The first-order valence-electron chi connectivity index (χ1n) is 8.13. The number of para-hydroxylation sites is 1. The number of ether oxygens (including phenoxy) is 1. The van der Waals surface area contributed by atoms with E-state index in [4.69, 9.17) is 4.74 Å². The lowest BCUT2D eigenvalue weighted by Gasteiger charge is -2.30. The fourth-order valence-corrected chi connectivity index (χ4v) is 3.36. The van der Waals surface area contributed by atoms with Gasteiger partial charge >= 0.3 is 0 Å². The smallest absolute Gasteiger partial charge is 0.130 e. The molecule has 1 aliphatic rings. The van der Waals surface area contributed by atoms with Crippen LogP contribution in [0, 0.1) is 0 Å². The van der Waals surface area contributed by atoms with Crippen LogP contribution in [-0.4, -0.2) is 7.11 Å². The second-order valence-electron chi connectivity index (χ2n) is 6.76. The van der Waals surface area contributed by atoms with Crippen molar-refractivity contribution in [1.29, 1.82) is 0 Å². The zero-order valence-corrected chi connectivity index (χ0v) is 14.4. The molecule has 3 rings (SSSR count). The highest BCUT2D eigenvalue weighted by atomic mass is 16.5. The van der Waals surface area contributed by atoms with Gasteiger partial charge in [-0.1, -0.05) is 85.7 Å². The van der Waals surface area contributed by atoms with Gasteiger partial charge in [0.15, 0.2) is 0 Å². The Morgan fingerprint density at radius 1 is 0.913 bits per heavy atom. The zero-order valence-electron chi connectivity index (χ0n) is 14.4. The number of hydrogen-bond acceptors (Lipinski definition) is 1. The maximum Gasteiger partial charge on any atom is 0.130 e. The van der Waals surface area contributed by atoms with E-state index >= 15 is 0 Å². The molecule has 0 amide bonds. The molecule has 0 spiro atoms. The first kappa shape index (κ1) is 15.6. The Labute approximate surface area is 139 Å². The molecule has 0 N–H and O–H groups in total. The lowest BCUT2D eigenvalue weighted by Crippen LogP contribution is -2.21. The Kier molecular flexibility index (Phi) is 4.12. The van der Waals surface area contributed by atoms with E-state index in [0.717, 1.165) is 17.7 Å². The number of hydrogen-bond donors (Lipinski definition) is 0. The zero-order chi connectivity index (χ0) is 16.4. The number of allylic oxidation sites excluding steroid dienone is 4. The molecule has 0 bridgehead atoms. The lowest BCUT2D eigenvalue weighted by atomic mass is 9.75. The molecule has 0 heterocycles. The van der Waals surface area contributed by atoms with Crippen LogP contribution in [0.3, 0.4) is 0 Å². The van der Waals surface area contributed by atoms with Crippen LogP contribution in [0.15, 0.2) is 71.8 Å². The van der Waals surface area contributed by atoms with Crippen molar-refractivity contribution in [2.24, 2.45) is 0 Å². The molecule has 0 aromatic heterocycles. The summed E-state index contributed by atoms with van der Waals surface area (Å²) in [4.78, 5) is 0. The SMILES string of the molecule is COc1c(-c2ccccc2)cccc1C(C)(C)C1=CC=C(C)C1. The van der Waals surface area contributed by atoms with Gasteiger partial charge in [0, 0.05) is 16.5 Å². The molecule has 0 saturated carbocycles. The van der Waals surface area contributed by atoms with E-state index in [2.05, 4.69) is 75.4 Å². The summed E-state index contributed by atoms with van der Waals surface area (Å²) in [6.07, 6.45) is 5.54. The van der Waals surface area contributed by atoms with E-state index in [1.54, 1.807) is 7.11 Å². The highest BCUT2D eigenvalue weighted by molar-refractivity contribution is 5.73. The molecule has 118 valence electrons. The average Bonchev–Trinajstić information content (AvgIpc) is 3.02. The van der Waals surface area contributed by atoms with E-state index < -0.39 is 0 Å². The van der Waals surface area contributed by atoms with E-state index in [1.807, 2.05) is 6.07 Å². The molecular formula is C22H24O. The van der Waals surface area contributed by atoms with Gasteiger partial charge in [-0.25, -0.2) is 0 Å². The summed E-state index contributed by atoms with van der Waals surface area (Å²) >= 11 is 0. The van der Waals surface area contributed by atoms with Gasteiger partial charge in [-0.05, 0) is 18.9 Å². The maximum absolute atomic E-state index is 5.86. The number of rotatable bonds is 4. The van der Waals surface area contributed by atoms with Crippen LogP contribution in [0.1, 0.15) is 32.8 Å².